The second-order valence-corrected chi connectivity index (χ2v) is 8.61. The number of alkyl halides is 6. The van der Waals surface area contributed by atoms with E-state index in [1.54, 1.807) is 30.3 Å². The number of hydrogen-bond acceptors (Lipinski definition) is 0. The number of halogens is 6. The average Bonchev–Trinajstić information content (AvgIpc) is 2.91. The third-order valence-corrected chi connectivity index (χ3v) is 6.79. The molecule has 6 heteroatoms. The lowest BCUT2D eigenvalue weighted by atomic mass is 9.83. The Hall–Kier alpha value is -3.28. The zero-order valence-electron chi connectivity index (χ0n) is 18.4. The fraction of sp³-hybridized carbons (Fsp3) is 0.214. The number of allylic oxidation sites excluding steroid dienone is 2. The van der Waals surface area contributed by atoms with Gasteiger partial charge in [-0.1, -0.05) is 79.7 Å². The molecule has 1 aliphatic rings. The van der Waals surface area contributed by atoms with Gasteiger partial charge in [-0.15, -0.1) is 0 Å². The lowest BCUT2D eigenvalue weighted by Crippen LogP contribution is -2.48. The van der Waals surface area contributed by atoms with E-state index in [1.807, 2.05) is 37.3 Å². The van der Waals surface area contributed by atoms with E-state index in [2.05, 4.69) is 0 Å². The van der Waals surface area contributed by atoms with Gasteiger partial charge in [-0.3, -0.25) is 0 Å². The molecule has 4 aromatic rings. The van der Waals surface area contributed by atoms with E-state index in [-0.39, 0.29) is 11.1 Å². The maximum Gasteiger partial charge on any atom is 0.380 e. The van der Waals surface area contributed by atoms with Crippen LogP contribution in [0.1, 0.15) is 25.0 Å². The van der Waals surface area contributed by atoms with Gasteiger partial charge in [0.2, 0.25) is 0 Å². The Labute approximate surface area is 192 Å². The highest BCUT2D eigenvalue weighted by Crippen LogP contribution is 2.63. The number of fused-ring (bicyclic) bond motifs is 2. The van der Waals surface area contributed by atoms with Gasteiger partial charge in [0, 0.05) is 11.1 Å². The van der Waals surface area contributed by atoms with Gasteiger partial charge in [-0.05, 0) is 57.1 Å². The molecule has 0 N–H and O–H groups in total. The summed E-state index contributed by atoms with van der Waals surface area (Å²) >= 11 is 0. The van der Waals surface area contributed by atoms with Crippen molar-refractivity contribution in [1.29, 1.82) is 0 Å². The number of benzene rings is 4. The first-order valence-corrected chi connectivity index (χ1v) is 10.9. The first-order chi connectivity index (χ1) is 16.0. The maximum absolute atomic E-state index is 15.1. The molecule has 0 amide bonds. The van der Waals surface area contributed by atoms with Crippen molar-refractivity contribution in [2.75, 3.05) is 0 Å². The highest BCUT2D eigenvalue weighted by Gasteiger charge is 2.79. The number of aryl methyl sites for hydroxylation is 1. The fourth-order valence-corrected chi connectivity index (χ4v) is 5.01. The second-order valence-electron chi connectivity index (χ2n) is 8.61. The van der Waals surface area contributed by atoms with Crippen LogP contribution in [0.25, 0.3) is 38.2 Å². The van der Waals surface area contributed by atoms with Crippen molar-refractivity contribution in [3.8, 4) is 11.1 Å². The van der Waals surface area contributed by atoms with Crippen LogP contribution in [0, 0.1) is 0 Å². The summed E-state index contributed by atoms with van der Waals surface area (Å²) in [5.74, 6) is -15.6. The maximum atomic E-state index is 15.1. The molecule has 0 nitrogen and oxygen atoms in total. The third-order valence-electron chi connectivity index (χ3n) is 6.79. The van der Waals surface area contributed by atoms with Crippen molar-refractivity contribution in [3.63, 3.8) is 0 Å². The number of rotatable bonds is 3. The summed E-state index contributed by atoms with van der Waals surface area (Å²) < 4.78 is 88.0. The van der Waals surface area contributed by atoms with Crippen LogP contribution in [-0.2, 0) is 6.42 Å². The highest BCUT2D eigenvalue weighted by molar-refractivity contribution is 6.11. The minimum Gasteiger partial charge on any atom is -0.194 e. The van der Waals surface area contributed by atoms with E-state index in [4.69, 9.17) is 0 Å². The topological polar surface area (TPSA) is 0 Å². The predicted molar refractivity (Wildman–Crippen MR) is 124 cm³/mol. The molecular weight excluding hydrogens is 450 g/mol. The molecule has 0 saturated heterocycles. The summed E-state index contributed by atoms with van der Waals surface area (Å²) in [4.78, 5) is 0. The Kier molecular flexibility index (Phi) is 4.87. The molecule has 1 aliphatic carbocycles. The summed E-state index contributed by atoms with van der Waals surface area (Å²) in [6.45, 7) is 2.57. The van der Waals surface area contributed by atoms with Gasteiger partial charge in [0.1, 0.15) is 0 Å². The van der Waals surface area contributed by atoms with Gasteiger partial charge in [-0.2, -0.15) is 26.3 Å². The molecule has 0 unspecified atom stereocenters. The van der Waals surface area contributed by atoms with E-state index in [9.17, 15) is 17.6 Å². The van der Waals surface area contributed by atoms with E-state index < -0.39 is 28.9 Å². The van der Waals surface area contributed by atoms with Crippen LogP contribution in [0.3, 0.4) is 0 Å². The zero-order valence-corrected chi connectivity index (χ0v) is 18.4. The lowest BCUT2D eigenvalue weighted by Gasteiger charge is -2.26. The zero-order chi connectivity index (χ0) is 24.5. The van der Waals surface area contributed by atoms with Gasteiger partial charge < -0.3 is 0 Å². The second kappa shape index (κ2) is 7.36. The van der Waals surface area contributed by atoms with Crippen LogP contribution in [0.4, 0.5) is 26.3 Å². The molecule has 0 atom stereocenters. The molecule has 0 bridgehead atoms. The molecule has 0 spiro atoms. The smallest absolute Gasteiger partial charge is 0.194 e. The Morgan fingerprint density at radius 1 is 0.618 bits per heavy atom. The van der Waals surface area contributed by atoms with Crippen LogP contribution in [-0.4, -0.2) is 17.8 Å². The molecule has 0 fully saturated rings. The Balaban J connectivity index is 1.99. The normalized spacial score (nSPS) is 18.7. The fourth-order valence-electron chi connectivity index (χ4n) is 5.01. The Morgan fingerprint density at radius 2 is 1.15 bits per heavy atom. The SMILES string of the molecule is CCc1ccc2ccccc2c1-c1c(C2=C(C)C(F)(F)C(F)(F)C2(F)F)ccc2ccccc12. The first-order valence-electron chi connectivity index (χ1n) is 10.9. The van der Waals surface area contributed by atoms with Gasteiger partial charge in [-0.25, -0.2) is 0 Å². The van der Waals surface area contributed by atoms with Crippen molar-refractivity contribution in [1.82, 2.24) is 0 Å². The Morgan fingerprint density at radius 3 is 1.68 bits per heavy atom. The van der Waals surface area contributed by atoms with Crippen molar-refractivity contribution >= 4 is 27.1 Å². The summed E-state index contributed by atoms with van der Waals surface area (Å²) in [6.07, 6.45) is 0.531. The molecule has 0 saturated carbocycles. The summed E-state index contributed by atoms with van der Waals surface area (Å²) in [7, 11) is 0. The summed E-state index contributed by atoms with van der Waals surface area (Å²) in [5, 5.41) is 2.78. The van der Waals surface area contributed by atoms with E-state index in [1.165, 1.54) is 12.1 Å². The molecule has 34 heavy (non-hydrogen) atoms. The van der Waals surface area contributed by atoms with Gasteiger partial charge in [0.15, 0.2) is 0 Å². The molecule has 0 aromatic heterocycles. The molecule has 0 radical (unpaired) electrons. The molecule has 5 rings (SSSR count). The minimum absolute atomic E-state index is 0.259. The molecule has 0 heterocycles. The van der Waals surface area contributed by atoms with Crippen LogP contribution in [0.2, 0.25) is 0 Å². The highest BCUT2D eigenvalue weighted by atomic mass is 19.3. The van der Waals surface area contributed by atoms with Crippen LogP contribution in [0.15, 0.2) is 78.4 Å². The van der Waals surface area contributed by atoms with Crippen molar-refractivity contribution in [2.24, 2.45) is 0 Å². The largest absolute Gasteiger partial charge is 0.380 e. The van der Waals surface area contributed by atoms with Gasteiger partial charge in [0.25, 0.3) is 0 Å². The Bertz CT molecular complexity index is 1480. The van der Waals surface area contributed by atoms with Gasteiger partial charge >= 0.3 is 17.8 Å². The van der Waals surface area contributed by atoms with Crippen molar-refractivity contribution in [2.45, 2.75) is 38.0 Å². The summed E-state index contributed by atoms with van der Waals surface area (Å²) in [6, 6.07) is 20.8. The standard InChI is InChI=1S/C28H20F6/c1-3-17-12-13-18-8-4-6-10-20(18)23(17)24-21-11-7-5-9-19(21)14-15-22(24)25-16(2)26(29,30)28(33,34)27(25,31)32/h4-15H,3H2,1-2H3. The third kappa shape index (κ3) is 2.80. The predicted octanol–water partition coefficient (Wildman–Crippen LogP) is 8.92. The van der Waals surface area contributed by atoms with E-state index >= 15 is 8.78 Å². The molecular formula is C28H20F6. The van der Waals surface area contributed by atoms with Crippen LogP contribution in [0.5, 0.6) is 0 Å². The van der Waals surface area contributed by atoms with Crippen molar-refractivity contribution in [3.05, 3.63) is 89.5 Å². The average molecular weight is 470 g/mol. The molecule has 0 aliphatic heterocycles. The van der Waals surface area contributed by atoms with Gasteiger partial charge in [0.05, 0.1) is 0 Å². The van der Waals surface area contributed by atoms with Crippen molar-refractivity contribution < 1.29 is 26.3 Å². The molecule has 4 aromatic carbocycles. The van der Waals surface area contributed by atoms with Crippen LogP contribution >= 0.6 is 0 Å². The monoisotopic (exact) mass is 470 g/mol. The quantitative estimate of drug-likeness (QED) is 0.262. The summed E-state index contributed by atoms with van der Waals surface area (Å²) in [5.41, 5.74) is -1.27. The lowest BCUT2D eigenvalue weighted by molar-refractivity contribution is -0.259. The molecule has 174 valence electrons. The van der Waals surface area contributed by atoms with Crippen LogP contribution < -0.4 is 0 Å². The van der Waals surface area contributed by atoms with E-state index in [0.717, 1.165) is 16.3 Å². The van der Waals surface area contributed by atoms with E-state index in [0.29, 0.717) is 29.7 Å². The number of hydrogen-bond donors (Lipinski definition) is 0. The minimum atomic E-state index is -5.53. The first kappa shape index (κ1) is 22.5.